The zero-order valence-electron chi connectivity index (χ0n) is 12.8. The monoisotopic (exact) mass is 351 g/mol. The molecule has 2 aromatic heterocycles. The molecule has 0 unspecified atom stereocenters. The zero-order chi connectivity index (χ0) is 16.9. The van der Waals surface area contributed by atoms with Gasteiger partial charge in [0.05, 0.1) is 5.57 Å². The highest BCUT2D eigenvalue weighted by Gasteiger charge is 2.16. The van der Waals surface area contributed by atoms with Crippen LogP contribution in [-0.2, 0) is 4.79 Å². The van der Waals surface area contributed by atoms with Gasteiger partial charge in [0.25, 0.3) is 0 Å². The number of anilines is 1. The molecule has 6 heteroatoms. The number of amides is 1. The molecule has 4 nitrogen and oxygen atoms in total. The van der Waals surface area contributed by atoms with Gasteiger partial charge >= 0.3 is 0 Å². The summed E-state index contributed by atoms with van der Waals surface area (Å²) in [6, 6.07) is 15.7. The van der Waals surface area contributed by atoms with Crippen molar-refractivity contribution in [1.29, 1.82) is 5.26 Å². The van der Waals surface area contributed by atoms with Crippen molar-refractivity contribution in [3.63, 3.8) is 0 Å². The molecule has 0 fully saturated rings. The summed E-state index contributed by atoms with van der Waals surface area (Å²) in [5.41, 5.74) is 2.06. The minimum atomic E-state index is -0.164. The van der Waals surface area contributed by atoms with E-state index in [1.165, 1.54) is 18.3 Å². The molecule has 24 heavy (non-hydrogen) atoms. The van der Waals surface area contributed by atoms with E-state index < -0.39 is 0 Å². The van der Waals surface area contributed by atoms with Crippen molar-refractivity contribution in [3.8, 4) is 17.3 Å². The van der Waals surface area contributed by atoms with Crippen LogP contribution in [0.25, 0.3) is 22.9 Å². The van der Waals surface area contributed by atoms with Gasteiger partial charge in [-0.1, -0.05) is 47.7 Å². The number of nitrogens with zero attached hydrogens (tertiary/aromatic N) is 2. The van der Waals surface area contributed by atoms with Crippen LogP contribution in [0, 0.1) is 11.3 Å². The lowest BCUT2D eigenvalue weighted by molar-refractivity contribution is -0.114. The summed E-state index contributed by atoms with van der Waals surface area (Å²) < 4.78 is 0. The minimum Gasteiger partial charge on any atom is -0.316 e. The highest BCUT2D eigenvalue weighted by atomic mass is 32.1. The van der Waals surface area contributed by atoms with E-state index in [1.807, 2.05) is 53.9 Å². The van der Waals surface area contributed by atoms with Gasteiger partial charge in [0.2, 0.25) is 5.91 Å². The largest absolute Gasteiger partial charge is 0.316 e. The third kappa shape index (κ3) is 3.59. The Morgan fingerprint density at radius 3 is 2.67 bits per heavy atom. The second-order valence-electron chi connectivity index (χ2n) is 4.93. The van der Waals surface area contributed by atoms with Crippen molar-refractivity contribution < 1.29 is 4.79 Å². The Morgan fingerprint density at radius 2 is 2.04 bits per heavy atom. The molecule has 3 rings (SSSR count). The summed E-state index contributed by atoms with van der Waals surface area (Å²) in [5, 5.41) is 15.5. The molecule has 1 amide bonds. The number of benzene rings is 1. The van der Waals surface area contributed by atoms with Crippen LogP contribution < -0.4 is 5.32 Å². The summed E-state index contributed by atoms with van der Waals surface area (Å²) >= 11 is 2.87. The number of thiophene rings is 1. The third-order valence-electron chi connectivity index (χ3n) is 3.14. The lowest BCUT2D eigenvalue weighted by Gasteiger charge is -2.01. The maximum Gasteiger partial charge on any atom is 0.221 e. The predicted octanol–water partition coefficient (Wildman–Crippen LogP) is 4.89. The van der Waals surface area contributed by atoms with Crippen LogP contribution in [0.4, 0.5) is 5.00 Å². The van der Waals surface area contributed by atoms with Crippen molar-refractivity contribution >= 4 is 45.2 Å². The van der Waals surface area contributed by atoms with Crippen LogP contribution in [0.1, 0.15) is 16.8 Å². The summed E-state index contributed by atoms with van der Waals surface area (Å²) in [5.74, 6) is -0.164. The molecule has 0 saturated carbocycles. The van der Waals surface area contributed by atoms with Crippen LogP contribution in [-0.4, -0.2) is 10.9 Å². The van der Waals surface area contributed by atoms with Crippen LogP contribution in [0.3, 0.4) is 0 Å². The summed E-state index contributed by atoms with van der Waals surface area (Å²) in [6.45, 7) is 1.46. The smallest absolute Gasteiger partial charge is 0.221 e. The fraction of sp³-hybridized carbons (Fsp3) is 0.0556. The number of nitrogens with one attached hydrogen (secondary N) is 1. The van der Waals surface area contributed by atoms with E-state index in [0.29, 0.717) is 21.3 Å². The number of aromatic nitrogens is 1. The van der Waals surface area contributed by atoms with E-state index in [4.69, 9.17) is 0 Å². The third-order valence-corrected chi connectivity index (χ3v) is 4.97. The molecule has 1 aromatic carbocycles. The number of hydrogen-bond donors (Lipinski definition) is 1. The molecule has 0 radical (unpaired) electrons. The Morgan fingerprint density at radius 1 is 1.25 bits per heavy atom. The number of carbonyl (C=O) groups is 1. The highest BCUT2D eigenvalue weighted by molar-refractivity contribution is 7.17. The zero-order valence-corrected chi connectivity index (χ0v) is 14.4. The number of rotatable bonds is 4. The Hall–Kier alpha value is -2.75. The topological polar surface area (TPSA) is 65.8 Å². The van der Waals surface area contributed by atoms with Crippen molar-refractivity contribution in [2.75, 3.05) is 5.32 Å². The normalized spacial score (nSPS) is 11.1. The van der Waals surface area contributed by atoms with Crippen molar-refractivity contribution in [2.24, 2.45) is 0 Å². The summed E-state index contributed by atoms with van der Waals surface area (Å²) in [6.07, 6.45) is 1.82. The van der Waals surface area contributed by atoms with Gasteiger partial charge in [0, 0.05) is 17.4 Å². The van der Waals surface area contributed by atoms with Crippen molar-refractivity contribution in [2.45, 2.75) is 6.92 Å². The molecular weight excluding hydrogens is 338 g/mol. The lowest BCUT2D eigenvalue weighted by Crippen LogP contribution is -2.05. The van der Waals surface area contributed by atoms with Crippen molar-refractivity contribution in [3.05, 3.63) is 57.7 Å². The summed E-state index contributed by atoms with van der Waals surface area (Å²) in [4.78, 5) is 17.1. The lowest BCUT2D eigenvalue weighted by atomic mass is 10.1. The molecule has 0 atom stereocenters. The molecule has 0 spiro atoms. The highest BCUT2D eigenvalue weighted by Crippen LogP contribution is 2.36. The van der Waals surface area contributed by atoms with Crippen LogP contribution in [0.5, 0.6) is 0 Å². The van der Waals surface area contributed by atoms with E-state index in [9.17, 15) is 10.1 Å². The Labute approximate surface area is 147 Å². The molecule has 0 aliphatic carbocycles. The fourth-order valence-corrected chi connectivity index (χ4v) is 3.79. The predicted molar refractivity (Wildman–Crippen MR) is 99.7 cm³/mol. The average Bonchev–Trinajstić information content (AvgIpc) is 3.22. The molecule has 0 bridgehead atoms. The van der Waals surface area contributed by atoms with Gasteiger partial charge in [-0.15, -0.1) is 11.3 Å². The van der Waals surface area contributed by atoms with E-state index in [0.717, 1.165) is 10.4 Å². The molecule has 1 N–H and O–H groups in total. The maximum atomic E-state index is 11.5. The summed E-state index contributed by atoms with van der Waals surface area (Å²) in [7, 11) is 0. The quantitative estimate of drug-likeness (QED) is 0.680. The first-order valence-corrected chi connectivity index (χ1v) is 8.86. The standard InChI is InChI=1S/C18H13N3OS2/c1-12(22)20-18-16(13-6-3-2-4-7-13)21-17(24-18)14(11-19)10-15-8-5-9-23-15/h2-10H,1H3,(H,20,22). The molecule has 2 heterocycles. The van der Waals surface area contributed by atoms with Gasteiger partial charge in [-0.2, -0.15) is 5.26 Å². The van der Waals surface area contributed by atoms with Gasteiger partial charge in [-0.3, -0.25) is 4.79 Å². The van der Waals surface area contributed by atoms with Crippen LogP contribution >= 0.6 is 22.7 Å². The van der Waals surface area contributed by atoms with Crippen molar-refractivity contribution in [1.82, 2.24) is 4.98 Å². The first-order valence-electron chi connectivity index (χ1n) is 7.17. The molecule has 0 saturated heterocycles. The van der Waals surface area contributed by atoms with Gasteiger partial charge in [0.1, 0.15) is 21.8 Å². The second-order valence-corrected chi connectivity index (χ2v) is 6.91. The maximum absolute atomic E-state index is 11.5. The molecular formula is C18H13N3OS2. The van der Waals surface area contributed by atoms with E-state index >= 15 is 0 Å². The Kier molecular flexibility index (Phi) is 4.85. The fourth-order valence-electron chi connectivity index (χ4n) is 2.13. The number of thiazole rings is 1. The average molecular weight is 351 g/mol. The Balaban J connectivity index is 2.08. The number of nitriles is 1. The SMILES string of the molecule is CC(=O)Nc1sc(C(C#N)=Cc2cccs2)nc1-c1ccccc1. The van der Waals surface area contributed by atoms with Gasteiger partial charge < -0.3 is 5.32 Å². The van der Waals surface area contributed by atoms with Crippen LogP contribution in [0.2, 0.25) is 0 Å². The van der Waals surface area contributed by atoms with Crippen LogP contribution in [0.15, 0.2) is 47.8 Å². The van der Waals surface area contributed by atoms with E-state index in [1.54, 1.807) is 11.3 Å². The molecule has 0 aliphatic rings. The van der Waals surface area contributed by atoms with E-state index in [-0.39, 0.29) is 5.91 Å². The van der Waals surface area contributed by atoms with Gasteiger partial charge in [-0.05, 0) is 17.5 Å². The van der Waals surface area contributed by atoms with Gasteiger partial charge in [0.15, 0.2) is 0 Å². The molecule has 118 valence electrons. The number of allylic oxidation sites excluding steroid dienone is 1. The van der Waals surface area contributed by atoms with E-state index in [2.05, 4.69) is 16.4 Å². The molecule has 3 aromatic rings. The molecule has 0 aliphatic heterocycles. The number of hydrogen-bond acceptors (Lipinski definition) is 5. The first-order chi connectivity index (χ1) is 11.7. The second kappa shape index (κ2) is 7.21. The minimum absolute atomic E-state index is 0.164. The Bertz CT molecular complexity index is 919. The first kappa shape index (κ1) is 16.1. The number of carbonyl (C=O) groups excluding carboxylic acids is 1. The van der Waals surface area contributed by atoms with Gasteiger partial charge in [-0.25, -0.2) is 4.98 Å².